The summed E-state index contributed by atoms with van der Waals surface area (Å²) in [5.41, 5.74) is 3.98. The maximum Gasteiger partial charge on any atom is 0.282 e. The zero-order chi connectivity index (χ0) is 15.6. The summed E-state index contributed by atoms with van der Waals surface area (Å²) < 4.78 is 25.0. The molecule has 21 heavy (non-hydrogen) atoms. The Morgan fingerprint density at radius 1 is 1.24 bits per heavy atom. The fourth-order valence-corrected chi connectivity index (χ4v) is 3.25. The van der Waals surface area contributed by atoms with Crippen LogP contribution in [0.5, 0.6) is 0 Å². The summed E-state index contributed by atoms with van der Waals surface area (Å²) in [6, 6.07) is 6.51. The van der Waals surface area contributed by atoms with Crippen LogP contribution in [0.15, 0.2) is 39.8 Å². The molecular formula is C13H14BrN3O3S. The Morgan fingerprint density at radius 3 is 2.52 bits per heavy atom. The van der Waals surface area contributed by atoms with E-state index in [1.54, 1.807) is 31.3 Å². The molecule has 2 aromatic rings. The molecule has 0 unspecified atom stereocenters. The standard InChI is InChI=1S/C13H14BrN3O3S/c1-8-3-4-12(9(2)5-8)21(19,20)17-16-13(18)11-6-10(14)7-15-11/h3-7,15,17H,1-2H3,(H,16,18). The lowest BCUT2D eigenvalue weighted by Crippen LogP contribution is -2.41. The van der Waals surface area contributed by atoms with E-state index in [1.165, 1.54) is 6.07 Å². The molecule has 1 aromatic heterocycles. The number of amides is 1. The number of benzene rings is 1. The molecule has 0 aliphatic heterocycles. The maximum atomic E-state index is 12.2. The van der Waals surface area contributed by atoms with Crippen LogP contribution in [0.1, 0.15) is 21.6 Å². The van der Waals surface area contributed by atoms with E-state index in [1.807, 2.05) is 6.92 Å². The van der Waals surface area contributed by atoms with Crippen LogP contribution in [-0.4, -0.2) is 19.3 Å². The van der Waals surface area contributed by atoms with Gasteiger partial charge in [-0.3, -0.25) is 10.2 Å². The number of halogens is 1. The lowest BCUT2D eigenvalue weighted by atomic mass is 10.2. The van der Waals surface area contributed by atoms with Crippen LogP contribution in [0.4, 0.5) is 0 Å². The van der Waals surface area contributed by atoms with Crippen molar-refractivity contribution in [2.45, 2.75) is 18.7 Å². The summed E-state index contributed by atoms with van der Waals surface area (Å²) in [4.78, 5) is 16.7. The number of sulfonamides is 1. The average molecular weight is 372 g/mol. The number of nitrogens with one attached hydrogen (secondary N) is 3. The third-order valence-electron chi connectivity index (χ3n) is 2.81. The van der Waals surface area contributed by atoms with Crippen molar-refractivity contribution < 1.29 is 13.2 Å². The van der Waals surface area contributed by atoms with Gasteiger partial charge in [0.1, 0.15) is 5.69 Å². The van der Waals surface area contributed by atoms with E-state index < -0.39 is 15.9 Å². The number of aryl methyl sites for hydroxylation is 2. The number of carbonyl (C=O) groups is 1. The first-order chi connectivity index (χ1) is 9.79. The Hall–Kier alpha value is -1.64. The zero-order valence-electron chi connectivity index (χ0n) is 11.4. The molecule has 0 atom stereocenters. The van der Waals surface area contributed by atoms with Crippen LogP contribution in [0.3, 0.4) is 0 Å². The molecule has 1 aromatic carbocycles. The van der Waals surface area contributed by atoms with Crippen LogP contribution in [0, 0.1) is 13.8 Å². The van der Waals surface area contributed by atoms with E-state index in [2.05, 4.69) is 31.2 Å². The molecule has 6 nitrogen and oxygen atoms in total. The first-order valence-electron chi connectivity index (χ1n) is 6.03. The number of rotatable bonds is 4. The van der Waals surface area contributed by atoms with Gasteiger partial charge in [0.2, 0.25) is 0 Å². The van der Waals surface area contributed by atoms with Crippen molar-refractivity contribution in [3.8, 4) is 0 Å². The fraction of sp³-hybridized carbons (Fsp3) is 0.154. The largest absolute Gasteiger partial charge is 0.356 e. The minimum Gasteiger partial charge on any atom is -0.356 e. The Kier molecular flexibility index (Phi) is 4.50. The summed E-state index contributed by atoms with van der Waals surface area (Å²) in [5.74, 6) is -0.575. The van der Waals surface area contributed by atoms with Crippen molar-refractivity contribution in [2.75, 3.05) is 0 Å². The smallest absolute Gasteiger partial charge is 0.282 e. The van der Waals surface area contributed by atoms with Gasteiger partial charge in [-0.25, -0.2) is 8.42 Å². The van der Waals surface area contributed by atoms with Crippen LogP contribution >= 0.6 is 15.9 Å². The van der Waals surface area contributed by atoms with Crippen LogP contribution in [0.2, 0.25) is 0 Å². The summed E-state index contributed by atoms with van der Waals surface area (Å²) in [6.45, 7) is 3.58. The number of hydrogen-bond acceptors (Lipinski definition) is 3. The zero-order valence-corrected chi connectivity index (χ0v) is 13.8. The van der Waals surface area contributed by atoms with Crippen molar-refractivity contribution in [3.05, 3.63) is 51.8 Å². The molecule has 0 saturated heterocycles. The van der Waals surface area contributed by atoms with Gasteiger partial charge in [-0.15, -0.1) is 4.83 Å². The predicted molar refractivity (Wildman–Crippen MR) is 82.2 cm³/mol. The highest BCUT2D eigenvalue weighted by atomic mass is 79.9. The van der Waals surface area contributed by atoms with Gasteiger partial charge in [-0.05, 0) is 47.5 Å². The molecule has 0 aliphatic carbocycles. The molecule has 8 heteroatoms. The minimum atomic E-state index is -3.81. The van der Waals surface area contributed by atoms with Crippen molar-refractivity contribution in [3.63, 3.8) is 0 Å². The Balaban J connectivity index is 2.13. The molecule has 0 bridgehead atoms. The molecule has 112 valence electrons. The molecule has 0 radical (unpaired) electrons. The van der Waals surface area contributed by atoms with E-state index >= 15 is 0 Å². The van der Waals surface area contributed by atoms with E-state index in [4.69, 9.17) is 0 Å². The third-order valence-corrected chi connectivity index (χ3v) is 4.68. The summed E-state index contributed by atoms with van der Waals surface area (Å²) >= 11 is 3.19. The van der Waals surface area contributed by atoms with Crippen LogP contribution in [0.25, 0.3) is 0 Å². The van der Waals surface area contributed by atoms with Gasteiger partial charge < -0.3 is 4.98 Å². The molecule has 0 fully saturated rings. The summed E-state index contributed by atoms with van der Waals surface area (Å²) in [6.07, 6.45) is 1.58. The third kappa shape index (κ3) is 3.72. The van der Waals surface area contributed by atoms with E-state index in [0.717, 1.165) is 5.56 Å². The fourth-order valence-electron chi connectivity index (χ4n) is 1.84. The first-order valence-corrected chi connectivity index (χ1v) is 8.30. The molecule has 0 spiro atoms. The van der Waals surface area contributed by atoms with Gasteiger partial charge in [0.15, 0.2) is 0 Å². The lowest BCUT2D eigenvalue weighted by Gasteiger charge is -2.10. The quantitative estimate of drug-likeness (QED) is 0.717. The van der Waals surface area contributed by atoms with Gasteiger partial charge in [-0.1, -0.05) is 17.7 Å². The average Bonchev–Trinajstić information content (AvgIpc) is 2.82. The number of aromatic nitrogens is 1. The highest BCUT2D eigenvalue weighted by Gasteiger charge is 2.18. The van der Waals surface area contributed by atoms with Crippen LogP contribution < -0.4 is 10.3 Å². The Bertz CT molecular complexity index is 784. The van der Waals surface area contributed by atoms with Crippen molar-refractivity contribution in [1.82, 2.24) is 15.2 Å². The molecule has 0 aliphatic rings. The highest BCUT2D eigenvalue weighted by Crippen LogP contribution is 2.16. The number of carbonyl (C=O) groups excluding carboxylic acids is 1. The van der Waals surface area contributed by atoms with Crippen molar-refractivity contribution >= 4 is 31.9 Å². The van der Waals surface area contributed by atoms with Gasteiger partial charge in [0.05, 0.1) is 4.90 Å². The molecule has 3 N–H and O–H groups in total. The molecule has 0 saturated carbocycles. The minimum absolute atomic E-state index is 0.126. The molecular weight excluding hydrogens is 358 g/mol. The van der Waals surface area contributed by atoms with Crippen molar-refractivity contribution in [2.24, 2.45) is 0 Å². The highest BCUT2D eigenvalue weighted by molar-refractivity contribution is 9.10. The lowest BCUT2D eigenvalue weighted by molar-refractivity contribution is 0.0940. The second-order valence-electron chi connectivity index (χ2n) is 4.56. The second-order valence-corrected chi connectivity index (χ2v) is 7.13. The number of hydrogen-bond donors (Lipinski definition) is 3. The number of H-pyrrole nitrogens is 1. The maximum absolute atomic E-state index is 12.2. The Morgan fingerprint density at radius 2 is 1.95 bits per heavy atom. The number of hydrazine groups is 1. The van der Waals surface area contributed by atoms with Gasteiger partial charge in [0, 0.05) is 10.7 Å². The monoisotopic (exact) mass is 371 g/mol. The predicted octanol–water partition coefficient (Wildman–Crippen LogP) is 2.02. The van der Waals surface area contributed by atoms with E-state index in [9.17, 15) is 13.2 Å². The SMILES string of the molecule is Cc1ccc(S(=O)(=O)NNC(=O)c2cc(Br)c[nH]2)c(C)c1. The van der Waals surface area contributed by atoms with E-state index in [0.29, 0.717) is 10.0 Å². The summed E-state index contributed by atoms with van der Waals surface area (Å²) in [5, 5.41) is 0. The van der Waals surface area contributed by atoms with Crippen molar-refractivity contribution in [1.29, 1.82) is 0 Å². The Labute approximate surface area is 131 Å². The number of aromatic amines is 1. The normalized spacial score (nSPS) is 11.4. The van der Waals surface area contributed by atoms with Crippen LogP contribution in [-0.2, 0) is 10.0 Å². The first kappa shape index (κ1) is 15.7. The van der Waals surface area contributed by atoms with Gasteiger partial charge >= 0.3 is 0 Å². The second kappa shape index (κ2) is 6.00. The van der Waals surface area contributed by atoms with E-state index in [-0.39, 0.29) is 10.6 Å². The summed E-state index contributed by atoms with van der Waals surface area (Å²) in [7, 11) is -3.81. The molecule has 1 amide bonds. The topological polar surface area (TPSA) is 91.1 Å². The molecule has 2 rings (SSSR count). The molecule has 1 heterocycles. The van der Waals surface area contributed by atoms with Gasteiger partial charge in [0.25, 0.3) is 15.9 Å². The van der Waals surface area contributed by atoms with Gasteiger partial charge in [-0.2, -0.15) is 0 Å².